The standard InChI is InChI=1S/C22H22N4O3S/c27-19(10-11-26-21(29)17-6-1-2-7-18(17)25-22(26)30)23-13-14-4-3-5-16(12-14)24-20(28)15-8-9-15/h1-7,12,15H,8-11,13H2,(H,23,27)(H,24,28)(H,25,30). The molecule has 0 aliphatic heterocycles. The third-order valence-electron chi connectivity index (χ3n) is 5.08. The zero-order valence-electron chi connectivity index (χ0n) is 16.3. The minimum atomic E-state index is -0.207. The maximum absolute atomic E-state index is 12.6. The molecule has 1 fully saturated rings. The van der Waals surface area contributed by atoms with E-state index in [0.29, 0.717) is 22.2 Å². The van der Waals surface area contributed by atoms with Gasteiger partial charge < -0.3 is 15.6 Å². The highest BCUT2D eigenvalue weighted by Crippen LogP contribution is 2.30. The van der Waals surface area contributed by atoms with Crippen LogP contribution in [0, 0.1) is 10.7 Å². The molecule has 8 heteroatoms. The molecule has 1 aliphatic rings. The molecular weight excluding hydrogens is 400 g/mol. The van der Waals surface area contributed by atoms with Gasteiger partial charge in [0.05, 0.1) is 10.9 Å². The summed E-state index contributed by atoms with van der Waals surface area (Å²) in [4.78, 5) is 39.8. The summed E-state index contributed by atoms with van der Waals surface area (Å²) in [7, 11) is 0. The predicted octanol–water partition coefficient (Wildman–Crippen LogP) is 3.11. The number of aromatic amines is 1. The van der Waals surface area contributed by atoms with Crippen molar-refractivity contribution in [3.63, 3.8) is 0 Å². The number of hydrogen-bond donors (Lipinski definition) is 3. The van der Waals surface area contributed by atoms with Gasteiger partial charge in [0.15, 0.2) is 4.77 Å². The number of aromatic nitrogens is 2. The maximum Gasteiger partial charge on any atom is 0.262 e. The molecule has 0 unspecified atom stereocenters. The van der Waals surface area contributed by atoms with E-state index in [4.69, 9.17) is 12.2 Å². The van der Waals surface area contributed by atoms with Crippen LogP contribution in [0.1, 0.15) is 24.8 Å². The monoisotopic (exact) mass is 422 g/mol. The summed E-state index contributed by atoms with van der Waals surface area (Å²) >= 11 is 5.27. The zero-order chi connectivity index (χ0) is 21.1. The van der Waals surface area contributed by atoms with E-state index in [0.717, 1.165) is 24.1 Å². The smallest absolute Gasteiger partial charge is 0.262 e. The fourth-order valence-electron chi connectivity index (χ4n) is 3.25. The van der Waals surface area contributed by atoms with Crippen LogP contribution in [0.3, 0.4) is 0 Å². The average Bonchev–Trinajstić information content (AvgIpc) is 3.58. The summed E-state index contributed by atoms with van der Waals surface area (Å²) < 4.78 is 1.70. The van der Waals surface area contributed by atoms with E-state index in [2.05, 4.69) is 15.6 Å². The first-order valence-corrected chi connectivity index (χ1v) is 10.3. The molecular formula is C22H22N4O3S. The highest BCUT2D eigenvalue weighted by Gasteiger charge is 2.29. The van der Waals surface area contributed by atoms with Crippen molar-refractivity contribution in [3.8, 4) is 0 Å². The first-order chi connectivity index (χ1) is 14.5. The molecule has 30 heavy (non-hydrogen) atoms. The number of amides is 2. The lowest BCUT2D eigenvalue weighted by atomic mass is 10.2. The van der Waals surface area contributed by atoms with Gasteiger partial charge in [-0.2, -0.15) is 0 Å². The second kappa shape index (κ2) is 8.62. The fraction of sp³-hybridized carbons (Fsp3) is 0.273. The van der Waals surface area contributed by atoms with Crippen LogP contribution < -0.4 is 16.2 Å². The zero-order valence-corrected chi connectivity index (χ0v) is 17.1. The maximum atomic E-state index is 12.6. The van der Waals surface area contributed by atoms with E-state index in [-0.39, 0.29) is 36.3 Å². The molecule has 1 heterocycles. The van der Waals surface area contributed by atoms with Gasteiger partial charge in [-0.15, -0.1) is 0 Å². The molecule has 1 saturated carbocycles. The molecule has 0 saturated heterocycles. The Hall–Kier alpha value is -3.26. The Morgan fingerprint density at radius 2 is 1.93 bits per heavy atom. The molecule has 4 rings (SSSR count). The van der Waals surface area contributed by atoms with Crippen LogP contribution in [0.15, 0.2) is 53.3 Å². The molecule has 0 spiro atoms. The Balaban J connectivity index is 1.35. The van der Waals surface area contributed by atoms with Crippen LogP contribution in [0.4, 0.5) is 5.69 Å². The summed E-state index contributed by atoms with van der Waals surface area (Å²) in [6.07, 6.45) is 2.03. The van der Waals surface area contributed by atoms with E-state index in [1.807, 2.05) is 30.3 Å². The molecule has 3 N–H and O–H groups in total. The summed E-state index contributed by atoms with van der Waals surface area (Å²) in [5.41, 5.74) is 2.09. The summed E-state index contributed by atoms with van der Waals surface area (Å²) in [6, 6.07) is 14.6. The highest BCUT2D eigenvalue weighted by molar-refractivity contribution is 7.71. The number of nitrogens with one attached hydrogen (secondary N) is 3. The Morgan fingerprint density at radius 1 is 1.13 bits per heavy atom. The van der Waals surface area contributed by atoms with Crippen LogP contribution in [0.5, 0.6) is 0 Å². The lowest BCUT2D eigenvalue weighted by molar-refractivity contribution is -0.121. The molecule has 7 nitrogen and oxygen atoms in total. The quantitative estimate of drug-likeness (QED) is 0.510. The minimum absolute atomic E-state index is 0.0496. The second-order valence-electron chi connectivity index (χ2n) is 7.42. The third-order valence-corrected chi connectivity index (χ3v) is 5.41. The van der Waals surface area contributed by atoms with Crippen LogP contribution >= 0.6 is 12.2 Å². The molecule has 0 radical (unpaired) electrons. The van der Waals surface area contributed by atoms with Crippen molar-refractivity contribution in [2.45, 2.75) is 32.4 Å². The van der Waals surface area contributed by atoms with Gasteiger partial charge in [0, 0.05) is 31.1 Å². The lowest BCUT2D eigenvalue weighted by Crippen LogP contribution is -2.28. The Bertz CT molecular complexity index is 1230. The van der Waals surface area contributed by atoms with E-state index in [1.165, 1.54) is 4.57 Å². The third kappa shape index (κ3) is 4.65. The molecule has 1 aromatic heterocycles. The molecule has 0 bridgehead atoms. The number of para-hydroxylation sites is 1. The van der Waals surface area contributed by atoms with Crippen LogP contribution in [-0.4, -0.2) is 21.4 Å². The SMILES string of the molecule is O=C(CCn1c(=S)[nH]c2ccccc2c1=O)NCc1cccc(NC(=O)C2CC2)c1. The molecule has 3 aromatic rings. The number of nitrogens with zero attached hydrogens (tertiary/aromatic N) is 1. The number of fused-ring (bicyclic) bond motifs is 1. The Labute approximate surface area is 178 Å². The number of benzene rings is 2. The van der Waals surface area contributed by atoms with Crippen molar-refractivity contribution in [1.82, 2.24) is 14.9 Å². The van der Waals surface area contributed by atoms with Gasteiger partial charge in [-0.3, -0.25) is 19.0 Å². The highest BCUT2D eigenvalue weighted by atomic mass is 32.1. The average molecular weight is 423 g/mol. The number of hydrogen-bond acceptors (Lipinski definition) is 4. The fourth-order valence-corrected chi connectivity index (χ4v) is 3.54. The van der Waals surface area contributed by atoms with Crippen molar-refractivity contribution < 1.29 is 9.59 Å². The van der Waals surface area contributed by atoms with E-state index >= 15 is 0 Å². The number of anilines is 1. The second-order valence-corrected chi connectivity index (χ2v) is 7.81. The summed E-state index contributed by atoms with van der Waals surface area (Å²) in [5, 5.41) is 6.29. The Kier molecular flexibility index (Phi) is 5.76. The Morgan fingerprint density at radius 3 is 2.73 bits per heavy atom. The predicted molar refractivity (Wildman–Crippen MR) is 118 cm³/mol. The van der Waals surface area contributed by atoms with Crippen molar-refractivity contribution in [2.75, 3.05) is 5.32 Å². The van der Waals surface area contributed by atoms with Crippen LogP contribution in [-0.2, 0) is 22.7 Å². The normalized spacial score (nSPS) is 13.2. The van der Waals surface area contributed by atoms with E-state index in [1.54, 1.807) is 18.2 Å². The van der Waals surface area contributed by atoms with Gasteiger partial charge >= 0.3 is 0 Å². The van der Waals surface area contributed by atoms with E-state index in [9.17, 15) is 14.4 Å². The van der Waals surface area contributed by atoms with Gasteiger partial charge in [-0.1, -0.05) is 24.3 Å². The molecule has 2 amide bonds. The topological polar surface area (TPSA) is 96.0 Å². The largest absolute Gasteiger partial charge is 0.352 e. The van der Waals surface area contributed by atoms with Gasteiger partial charge in [-0.05, 0) is 54.9 Å². The number of carbonyl (C=O) groups excluding carboxylic acids is 2. The molecule has 2 aromatic carbocycles. The van der Waals surface area contributed by atoms with Crippen LogP contribution in [0.25, 0.3) is 10.9 Å². The lowest BCUT2D eigenvalue weighted by Gasteiger charge is -2.10. The van der Waals surface area contributed by atoms with Gasteiger partial charge in [0.25, 0.3) is 5.56 Å². The number of H-pyrrole nitrogens is 1. The van der Waals surface area contributed by atoms with Crippen molar-refractivity contribution >= 4 is 40.6 Å². The van der Waals surface area contributed by atoms with Gasteiger partial charge in [-0.25, -0.2) is 0 Å². The first kappa shape index (κ1) is 20.0. The van der Waals surface area contributed by atoms with Gasteiger partial charge in [0.2, 0.25) is 11.8 Å². The van der Waals surface area contributed by atoms with Crippen molar-refractivity contribution in [2.24, 2.45) is 5.92 Å². The summed E-state index contributed by atoms with van der Waals surface area (Å²) in [6.45, 7) is 0.535. The van der Waals surface area contributed by atoms with Gasteiger partial charge in [0.1, 0.15) is 0 Å². The minimum Gasteiger partial charge on any atom is -0.352 e. The molecule has 1 aliphatic carbocycles. The molecule has 0 atom stereocenters. The van der Waals surface area contributed by atoms with Crippen LogP contribution in [0.2, 0.25) is 0 Å². The first-order valence-electron chi connectivity index (χ1n) is 9.89. The molecule has 154 valence electrons. The van der Waals surface area contributed by atoms with E-state index < -0.39 is 0 Å². The van der Waals surface area contributed by atoms with Crippen molar-refractivity contribution in [1.29, 1.82) is 0 Å². The number of rotatable bonds is 7. The number of carbonyl (C=O) groups is 2. The van der Waals surface area contributed by atoms with Crippen molar-refractivity contribution in [3.05, 3.63) is 69.2 Å². The summed E-state index contributed by atoms with van der Waals surface area (Å²) in [5.74, 6) is 0.00352.